The Balaban J connectivity index is 1.73. The van der Waals surface area contributed by atoms with Crippen molar-refractivity contribution in [3.05, 3.63) is 70.8 Å². The molecule has 1 unspecified atom stereocenters. The Morgan fingerprint density at radius 2 is 1.60 bits per heavy atom. The zero-order valence-corrected chi connectivity index (χ0v) is 14.7. The van der Waals surface area contributed by atoms with Crippen molar-refractivity contribution >= 4 is 5.91 Å². The molecule has 1 heterocycles. The molecule has 1 fully saturated rings. The van der Waals surface area contributed by atoms with Crippen molar-refractivity contribution in [2.45, 2.75) is 50.7 Å². The summed E-state index contributed by atoms with van der Waals surface area (Å²) in [7, 11) is 0. The van der Waals surface area contributed by atoms with Crippen LogP contribution in [0.2, 0.25) is 0 Å². The smallest absolute Gasteiger partial charge is 0.217 e. The van der Waals surface area contributed by atoms with Gasteiger partial charge in [0.05, 0.1) is 6.10 Å². The van der Waals surface area contributed by atoms with Crippen LogP contribution in [0.25, 0.3) is 0 Å². The highest BCUT2D eigenvalue weighted by atomic mass is 16.5. The van der Waals surface area contributed by atoms with Crippen molar-refractivity contribution < 1.29 is 9.53 Å². The summed E-state index contributed by atoms with van der Waals surface area (Å²) in [5, 5.41) is 3.10. The number of hydrogen-bond acceptors (Lipinski definition) is 2. The summed E-state index contributed by atoms with van der Waals surface area (Å²) >= 11 is 0. The van der Waals surface area contributed by atoms with Gasteiger partial charge in [-0.25, -0.2) is 0 Å². The number of amides is 1. The van der Waals surface area contributed by atoms with E-state index in [9.17, 15) is 4.79 Å². The van der Waals surface area contributed by atoms with Gasteiger partial charge in [0.25, 0.3) is 0 Å². The molecule has 2 aromatic rings. The van der Waals surface area contributed by atoms with E-state index >= 15 is 0 Å². The molecule has 2 aliphatic rings. The number of fused-ring (bicyclic) bond motifs is 2. The van der Waals surface area contributed by atoms with Crippen molar-refractivity contribution in [2.24, 2.45) is 0 Å². The number of hydrogen-bond donors (Lipinski definition) is 1. The van der Waals surface area contributed by atoms with Gasteiger partial charge in [-0.1, -0.05) is 48.5 Å². The Morgan fingerprint density at radius 3 is 2.20 bits per heavy atom. The van der Waals surface area contributed by atoms with Gasteiger partial charge in [0.15, 0.2) is 0 Å². The summed E-state index contributed by atoms with van der Waals surface area (Å²) in [6.07, 6.45) is 4.02. The predicted molar refractivity (Wildman–Crippen MR) is 98.7 cm³/mol. The Bertz CT molecular complexity index is 723. The molecule has 1 aliphatic carbocycles. The predicted octanol–water partition coefficient (Wildman–Crippen LogP) is 3.60. The minimum Gasteiger partial charge on any atom is -0.377 e. The average molecular weight is 335 g/mol. The number of benzene rings is 2. The van der Waals surface area contributed by atoms with E-state index in [0.29, 0.717) is 6.61 Å². The maximum absolute atomic E-state index is 11.5. The zero-order valence-electron chi connectivity index (χ0n) is 14.7. The van der Waals surface area contributed by atoms with Crippen LogP contribution in [0.15, 0.2) is 48.5 Å². The molecule has 2 atom stereocenters. The second kappa shape index (κ2) is 7.01. The van der Waals surface area contributed by atoms with Gasteiger partial charge >= 0.3 is 0 Å². The SMILES string of the molecule is CC(=O)N[C@H]1CCOC(C2c3ccccc3CCc3ccccc32)C1. The molecule has 3 nitrogen and oxygen atoms in total. The fraction of sp³-hybridized carbons (Fsp3) is 0.409. The third kappa shape index (κ3) is 3.34. The van der Waals surface area contributed by atoms with Gasteiger partial charge in [0.2, 0.25) is 5.91 Å². The number of rotatable bonds is 2. The van der Waals surface area contributed by atoms with E-state index in [1.54, 1.807) is 6.92 Å². The Labute approximate surface area is 149 Å². The van der Waals surface area contributed by atoms with E-state index in [2.05, 4.69) is 53.8 Å². The van der Waals surface area contributed by atoms with Crippen molar-refractivity contribution in [2.75, 3.05) is 6.61 Å². The zero-order chi connectivity index (χ0) is 17.2. The number of aryl methyl sites for hydroxylation is 2. The monoisotopic (exact) mass is 335 g/mol. The van der Waals surface area contributed by atoms with Gasteiger partial charge in [0.1, 0.15) is 0 Å². The summed E-state index contributed by atoms with van der Waals surface area (Å²) < 4.78 is 6.25. The first-order valence-corrected chi connectivity index (χ1v) is 9.26. The van der Waals surface area contributed by atoms with Crippen LogP contribution in [0.4, 0.5) is 0 Å². The van der Waals surface area contributed by atoms with Crippen LogP contribution in [0.1, 0.15) is 47.9 Å². The number of carbonyl (C=O) groups excluding carboxylic acids is 1. The molecule has 1 saturated heterocycles. The lowest BCUT2D eigenvalue weighted by atomic mass is 9.80. The van der Waals surface area contributed by atoms with Crippen LogP contribution in [0.3, 0.4) is 0 Å². The van der Waals surface area contributed by atoms with Crippen molar-refractivity contribution in [3.63, 3.8) is 0 Å². The highest BCUT2D eigenvalue weighted by molar-refractivity contribution is 5.73. The number of nitrogens with one attached hydrogen (secondary N) is 1. The minimum atomic E-state index is 0.0484. The molecule has 0 radical (unpaired) electrons. The van der Waals surface area contributed by atoms with Gasteiger partial charge < -0.3 is 10.1 Å². The second-order valence-corrected chi connectivity index (χ2v) is 7.21. The van der Waals surface area contributed by atoms with Gasteiger partial charge in [-0.3, -0.25) is 4.79 Å². The van der Waals surface area contributed by atoms with Gasteiger partial charge in [-0.15, -0.1) is 0 Å². The fourth-order valence-electron chi connectivity index (χ4n) is 4.45. The van der Waals surface area contributed by atoms with Crippen LogP contribution in [0.5, 0.6) is 0 Å². The molecular weight excluding hydrogens is 310 g/mol. The van der Waals surface area contributed by atoms with Crippen molar-refractivity contribution in [1.82, 2.24) is 5.32 Å². The maximum Gasteiger partial charge on any atom is 0.217 e. The largest absolute Gasteiger partial charge is 0.377 e. The third-order valence-electron chi connectivity index (χ3n) is 5.54. The molecular formula is C22H25NO2. The van der Waals surface area contributed by atoms with E-state index in [1.807, 2.05) is 0 Å². The average Bonchev–Trinajstić information content (AvgIpc) is 2.78. The van der Waals surface area contributed by atoms with Crippen molar-refractivity contribution in [1.29, 1.82) is 0 Å². The fourth-order valence-corrected chi connectivity index (χ4v) is 4.45. The van der Waals surface area contributed by atoms with Crippen LogP contribution in [-0.2, 0) is 22.4 Å². The first-order chi connectivity index (χ1) is 12.2. The minimum absolute atomic E-state index is 0.0484. The first kappa shape index (κ1) is 16.3. The lowest BCUT2D eigenvalue weighted by Crippen LogP contribution is -2.43. The molecule has 0 aromatic heterocycles. The lowest BCUT2D eigenvalue weighted by Gasteiger charge is -2.36. The second-order valence-electron chi connectivity index (χ2n) is 7.21. The first-order valence-electron chi connectivity index (χ1n) is 9.26. The van der Waals surface area contributed by atoms with Gasteiger partial charge in [-0.2, -0.15) is 0 Å². The number of ether oxygens (including phenoxy) is 1. The van der Waals surface area contributed by atoms with Gasteiger partial charge in [-0.05, 0) is 47.9 Å². The molecule has 3 heteroatoms. The van der Waals surface area contributed by atoms with Crippen molar-refractivity contribution in [3.8, 4) is 0 Å². The maximum atomic E-state index is 11.5. The molecule has 0 bridgehead atoms. The standard InChI is InChI=1S/C22H25NO2/c1-15(24)23-18-12-13-25-21(14-18)22-19-8-4-2-6-16(19)10-11-17-7-3-5-9-20(17)22/h2-9,18,21-22H,10-14H2,1H3,(H,23,24)/t18-,21?/m0/s1. The summed E-state index contributed by atoms with van der Waals surface area (Å²) in [6.45, 7) is 2.30. The highest BCUT2D eigenvalue weighted by Gasteiger charge is 2.34. The van der Waals surface area contributed by atoms with Crippen LogP contribution < -0.4 is 5.32 Å². The molecule has 0 spiro atoms. The van der Waals surface area contributed by atoms with E-state index < -0.39 is 0 Å². The van der Waals surface area contributed by atoms with Crippen LogP contribution in [0, 0.1) is 0 Å². The summed E-state index contributed by atoms with van der Waals surface area (Å²) in [5.74, 6) is 0.291. The topological polar surface area (TPSA) is 38.3 Å². The quantitative estimate of drug-likeness (QED) is 0.911. The van der Waals surface area contributed by atoms with E-state index in [0.717, 1.165) is 25.7 Å². The Hall–Kier alpha value is -2.13. The summed E-state index contributed by atoms with van der Waals surface area (Å²) in [5.41, 5.74) is 5.63. The van der Waals surface area contributed by atoms with Crippen LogP contribution >= 0.6 is 0 Å². The van der Waals surface area contributed by atoms with E-state index in [1.165, 1.54) is 22.3 Å². The molecule has 0 saturated carbocycles. The summed E-state index contributed by atoms with van der Waals surface area (Å²) in [4.78, 5) is 11.5. The molecule has 4 rings (SSSR count). The molecule has 1 aliphatic heterocycles. The molecule has 25 heavy (non-hydrogen) atoms. The Morgan fingerprint density at radius 1 is 1.00 bits per heavy atom. The molecule has 130 valence electrons. The highest BCUT2D eigenvalue weighted by Crippen LogP contribution is 2.40. The van der Waals surface area contributed by atoms with E-state index in [4.69, 9.17) is 4.74 Å². The molecule has 1 amide bonds. The van der Waals surface area contributed by atoms with Gasteiger partial charge in [0, 0.05) is 25.5 Å². The number of carbonyl (C=O) groups is 1. The molecule has 2 aromatic carbocycles. The van der Waals surface area contributed by atoms with Crippen LogP contribution in [-0.4, -0.2) is 24.7 Å². The third-order valence-corrected chi connectivity index (χ3v) is 5.54. The van der Waals surface area contributed by atoms with E-state index in [-0.39, 0.29) is 24.0 Å². The normalized spacial score (nSPS) is 23.2. The summed E-state index contributed by atoms with van der Waals surface area (Å²) in [6, 6.07) is 17.8. The molecule has 1 N–H and O–H groups in total. The Kier molecular flexibility index (Phi) is 4.58. The lowest BCUT2D eigenvalue weighted by molar-refractivity contribution is -0.120.